The lowest BCUT2D eigenvalue weighted by molar-refractivity contribution is -0.135. The summed E-state index contributed by atoms with van der Waals surface area (Å²) in [5, 5.41) is 17.4. The first kappa shape index (κ1) is 24.5. The Hall–Kier alpha value is -3.10. The molecule has 4 rings (SSSR count). The Bertz CT molecular complexity index is 907. The van der Waals surface area contributed by atoms with E-state index in [1.165, 1.54) is 6.08 Å². The highest BCUT2D eigenvalue weighted by Crippen LogP contribution is 2.33. The maximum atomic E-state index is 12.4. The molecule has 1 unspecified atom stereocenters. The van der Waals surface area contributed by atoms with E-state index >= 15 is 0 Å². The van der Waals surface area contributed by atoms with Gasteiger partial charge in [-0.2, -0.15) is 0 Å². The summed E-state index contributed by atoms with van der Waals surface area (Å²) in [6.45, 7) is 9.49. The van der Waals surface area contributed by atoms with Crippen molar-refractivity contribution in [2.24, 2.45) is 5.92 Å². The normalized spacial score (nSPS) is 20.2. The molecule has 0 saturated carbocycles. The first-order chi connectivity index (χ1) is 15.8. The summed E-state index contributed by atoms with van der Waals surface area (Å²) in [6.07, 6.45) is 6.63. The van der Waals surface area contributed by atoms with Crippen LogP contribution in [-0.2, 0) is 19.2 Å². The van der Waals surface area contributed by atoms with Gasteiger partial charge in [0.1, 0.15) is 11.4 Å². The molecule has 3 heterocycles. The molecule has 0 aromatic carbocycles. The first-order valence-electron chi connectivity index (χ1n) is 11.7. The Morgan fingerprint density at radius 3 is 2.00 bits per heavy atom. The minimum Gasteiger partial charge on any atom is -0.478 e. The highest BCUT2D eigenvalue weighted by atomic mass is 16.4. The Morgan fingerprint density at radius 2 is 1.55 bits per heavy atom. The van der Waals surface area contributed by atoms with E-state index in [-0.39, 0.29) is 23.1 Å². The van der Waals surface area contributed by atoms with E-state index in [0.717, 1.165) is 71.0 Å². The summed E-state index contributed by atoms with van der Waals surface area (Å²) in [5.41, 5.74) is 1.88. The lowest BCUT2D eigenvalue weighted by Gasteiger charge is -2.21. The second-order valence-electron chi connectivity index (χ2n) is 8.81. The molecular formula is C24H33N3O6. The van der Waals surface area contributed by atoms with Gasteiger partial charge < -0.3 is 24.9 Å². The van der Waals surface area contributed by atoms with Crippen LogP contribution in [0.3, 0.4) is 0 Å². The Kier molecular flexibility index (Phi) is 7.94. The summed E-state index contributed by atoms with van der Waals surface area (Å²) in [7, 11) is 0. The largest absolute Gasteiger partial charge is 0.478 e. The molecule has 180 valence electrons. The number of carbonyl (C=O) groups is 4. The van der Waals surface area contributed by atoms with Crippen molar-refractivity contribution < 1.29 is 29.4 Å². The van der Waals surface area contributed by atoms with Gasteiger partial charge >= 0.3 is 11.9 Å². The van der Waals surface area contributed by atoms with E-state index in [0.29, 0.717) is 23.5 Å². The second-order valence-corrected chi connectivity index (χ2v) is 8.81. The molecule has 0 amide bonds. The van der Waals surface area contributed by atoms with E-state index in [1.54, 1.807) is 0 Å². The fraction of sp³-hybridized carbons (Fsp3) is 0.583. The molecule has 1 atom stereocenters. The van der Waals surface area contributed by atoms with Gasteiger partial charge in [-0.15, -0.1) is 0 Å². The van der Waals surface area contributed by atoms with Crippen LogP contribution in [0.1, 0.15) is 46.0 Å². The molecule has 4 aliphatic rings. The minimum atomic E-state index is -1.19. The third kappa shape index (κ3) is 6.69. The van der Waals surface area contributed by atoms with Crippen LogP contribution in [0.25, 0.3) is 0 Å². The van der Waals surface area contributed by atoms with Crippen molar-refractivity contribution in [2.75, 3.05) is 39.3 Å². The number of carbonyl (C=O) groups excluding carboxylic acids is 2. The lowest BCUT2D eigenvalue weighted by atomic mass is 9.92. The number of carboxylic acid groups (broad SMARTS) is 2. The number of carboxylic acids is 2. The van der Waals surface area contributed by atoms with Crippen LogP contribution >= 0.6 is 0 Å². The van der Waals surface area contributed by atoms with Gasteiger partial charge in [-0.3, -0.25) is 9.59 Å². The quantitative estimate of drug-likeness (QED) is 0.271. The summed E-state index contributed by atoms with van der Waals surface area (Å²) < 4.78 is 0. The smallest absolute Gasteiger partial charge is 0.331 e. The zero-order chi connectivity index (χ0) is 24.1. The van der Waals surface area contributed by atoms with Crippen molar-refractivity contribution in [2.45, 2.75) is 46.0 Å². The van der Waals surface area contributed by atoms with Gasteiger partial charge in [0, 0.05) is 57.0 Å². The highest BCUT2D eigenvalue weighted by molar-refractivity contribution is 6.22. The zero-order valence-electron chi connectivity index (χ0n) is 19.4. The number of nitrogens with zero attached hydrogens (tertiary/aromatic N) is 3. The third-order valence-electron chi connectivity index (χ3n) is 6.11. The third-order valence-corrected chi connectivity index (χ3v) is 6.11. The number of hydrogen-bond acceptors (Lipinski definition) is 7. The summed E-state index contributed by atoms with van der Waals surface area (Å²) in [5.74, 6) is -2.01. The molecular weight excluding hydrogens is 426 g/mol. The van der Waals surface area contributed by atoms with Gasteiger partial charge in [-0.25, -0.2) is 9.59 Å². The molecule has 0 aromatic rings. The van der Waals surface area contributed by atoms with Gasteiger partial charge in [0.05, 0.1) is 5.70 Å². The van der Waals surface area contributed by atoms with Gasteiger partial charge in [0.15, 0.2) is 0 Å². The predicted octanol–water partition coefficient (Wildman–Crippen LogP) is 1.87. The van der Waals surface area contributed by atoms with Crippen LogP contribution < -0.4 is 0 Å². The molecule has 0 bridgehead atoms. The topological polar surface area (TPSA) is 118 Å². The molecule has 1 aliphatic carbocycles. The second kappa shape index (κ2) is 10.7. The number of rotatable bonds is 11. The van der Waals surface area contributed by atoms with E-state index < -0.39 is 11.9 Å². The van der Waals surface area contributed by atoms with Crippen LogP contribution in [0.5, 0.6) is 0 Å². The zero-order valence-corrected chi connectivity index (χ0v) is 19.4. The number of ketones is 2. The molecule has 3 fully saturated rings. The number of hydrogen-bond donors (Lipinski definition) is 2. The van der Waals surface area contributed by atoms with Crippen LogP contribution in [0.2, 0.25) is 0 Å². The number of unbranched alkanes of at least 4 members (excludes halogenated alkanes) is 1. The van der Waals surface area contributed by atoms with Gasteiger partial charge in [0.25, 0.3) is 0 Å². The lowest BCUT2D eigenvalue weighted by Crippen LogP contribution is -2.29. The fourth-order valence-corrected chi connectivity index (χ4v) is 3.89. The van der Waals surface area contributed by atoms with Crippen LogP contribution in [0.15, 0.2) is 34.8 Å². The Labute approximate surface area is 194 Å². The molecule has 0 aromatic heterocycles. The maximum Gasteiger partial charge on any atom is 0.331 e. The van der Waals surface area contributed by atoms with Crippen molar-refractivity contribution in [3.63, 3.8) is 0 Å². The predicted molar refractivity (Wildman–Crippen MR) is 121 cm³/mol. The standard InChI is InChI=1S/C12H13N3O2.C12H20O4/c16-9-7-8(13-1-2-13)12(17)11(15-5-6-15)10(9)14-3-4-14;1-3-5-6-9(4-2)7-10(12(15)16)8-11(13)14/h7H,1-6H2;8-9H,3-7H2,1-2H3,(H,13,14)(H,15,16)/b;10-8-. The van der Waals surface area contributed by atoms with E-state index in [4.69, 9.17) is 10.2 Å². The average molecular weight is 460 g/mol. The highest BCUT2D eigenvalue weighted by Gasteiger charge is 2.43. The monoisotopic (exact) mass is 459 g/mol. The Morgan fingerprint density at radius 1 is 0.970 bits per heavy atom. The molecule has 9 heteroatoms. The number of aliphatic carboxylic acids is 2. The minimum absolute atomic E-state index is 0.00421. The average Bonchev–Trinajstić information content (AvgIpc) is 3.63. The van der Waals surface area contributed by atoms with Crippen molar-refractivity contribution in [3.05, 3.63) is 34.8 Å². The van der Waals surface area contributed by atoms with E-state index in [2.05, 4.69) is 6.92 Å². The molecule has 0 radical (unpaired) electrons. The molecule has 0 spiro atoms. The van der Waals surface area contributed by atoms with E-state index in [1.807, 2.05) is 21.6 Å². The van der Waals surface area contributed by atoms with Crippen LogP contribution in [0.4, 0.5) is 0 Å². The number of allylic oxidation sites excluding steroid dienone is 1. The van der Waals surface area contributed by atoms with E-state index in [9.17, 15) is 19.2 Å². The SMILES string of the molecule is CCCCC(CC)C/C(=C/C(=O)O)C(=O)O.O=C1C=C(N2CC2)C(=O)C(N2CC2)=C1N1CC1. The fourth-order valence-electron chi connectivity index (χ4n) is 3.89. The molecule has 9 nitrogen and oxygen atoms in total. The van der Waals surface area contributed by atoms with Gasteiger partial charge in [-0.05, 0) is 12.3 Å². The first-order valence-corrected chi connectivity index (χ1v) is 11.7. The van der Waals surface area contributed by atoms with Crippen molar-refractivity contribution in [1.82, 2.24) is 14.7 Å². The summed E-state index contributed by atoms with van der Waals surface area (Å²) in [6, 6.07) is 0. The van der Waals surface area contributed by atoms with Crippen molar-refractivity contribution in [3.8, 4) is 0 Å². The summed E-state index contributed by atoms with van der Waals surface area (Å²) in [4.78, 5) is 51.8. The van der Waals surface area contributed by atoms with Gasteiger partial charge in [0.2, 0.25) is 11.6 Å². The van der Waals surface area contributed by atoms with Crippen molar-refractivity contribution in [1.29, 1.82) is 0 Å². The molecule has 2 N–H and O–H groups in total. The van der Waals surface area contributed by atoms with Crippen molar-refractivity contribution >= 4 is 23.5 Å². The van der Waals surface area contributed by atoms with Crippen LogP contribution in [0, 0.1) is 5.92 Å². The molecule has 33 heavy (non-hydrogen) atoms. The maximum absolute atomic E-state index is 12.4. The molecule has 3 saturated heterocycles. The van der Waals surface area contributed by atoms with Crippen LogP contribution in [-0.4, -0.2) is 87.7 Å². The Balaban J connectivity index is 0.000000187. The number of Topliss-reactive ketones (excluding diaryl/α,β-unsaturated/α-hetero) is 1. The van der Waals surface area contributed by atoms with Gasteiger partial charge in [-0.1, -0.05) is 39.5 Å². The molecule has 3 aliphatic heterocycles. The summed E-state index contributed by atoms with van der Waals surface area (Å²) >= 11 is 0.